The largest absolute Gasteiger partial charge is 0.478 e. The van der Waals surface area contributed by atoms with Crippen LogP contribution in [0.1, 0.15) is 123 Å². The van der Waals surface area contributed by atoms with Crippen molar-refractivity contribution in [2.45, 2.75) is 195 Å². The van der Waals surface area contributed by atoms with Gasteiger partial charge in [0.05, 0.1) is 30.5 Å². The van der Waals surface area contributed by atoms with Crippen LogP contribution in [0.15, 0.2) is 61.3 Å². The molecule has 0 aromatic rings. The normalized spacial score (nSPS) is 23.9. The third-order valence-electron chi connectivity index (χ3n) is 12.8. The molecule has 324 valence electrons. The first-order valence-corrected chi connectivity index (χ1v) is 27.2. The summed E-state index contributed by atoms with van der Waals surface area (Å²) in [7, 11) is -4.19. The Hall–Kier alpha value is -1.60. The number of ether oxygens (including phenoxy) is 2. The van der Waals surface area contributed by atoms with Crippen molar-refractivity contribution in [3.8, 4) is 0 Å². The molecule has 9 heteroatoms. The minimum Gasteiger partial charge on any atom is -0.478 e. The van der Waals surface area contributed by atoms with Crippen molar-refractivity contribution in [3.63, 3.8) is 0 Å². The summed E-state index contributed by atoms with van der Waals surface area (Å²) >= 11 is 0. The summed E-state index contributed by atoms with van der Waals surface area (Å²) in [5.41, 5.74) is 0. The fourth-order valence-corrected chi connectivity index (χ4v) is 10.0. The van der Waals surface area contributed by atoms with E-state index in [1.54, 1.807) is 18.2 Å². The van der Waals surface area contributed by atoms with Crippen molar-refractivity contribution in [2.24, 2.45) is 35.5 Å². The molecule has 0 saturated carbocycles. The molecule has 0 spiro atoms. The van der Waals surface area contributed by atoms with Gasteiger partial charge in [0, 0.05) is 30.3 Å². The fourth-order valence-electron chi connectivity index (χ4n) is 7.08. The molecule has 0 amide bonds. The lowest BCUT2D eigenvalue weighted by molar-refractivity contribution is -0.295. The highest BCUT2D eigenvalue weighted by Gasteiger charge is 2.43. The van der Waals surface area contributed by atoms with E-state index in [-0.39, 0.29) is 58.2 Å². The van der Waals surface area contributed by atoms with Gasteiger partial charge in [-0.3, -0.25) is 0 Å². The zero-order chi connectivity index (χ0) is 43.4. The van der Waals surface area contributed by atoms with Gasteiger partial charge >= 0.3 is 5.97 Å². The van der Waals surface area contributed by atoms with Crippen LogP contribution in [0.5, 0.6) is 0 Å². The molecular formula is C47H86O7Si2. The average molecular weight is 819 g/mol. The molecule has 0 bridgehead atoms. The van der Waals surface area contributed by atoms with E-state index in [0.717, 1.165) is 25.3 Å². The average Bonchev–Trinajstić information content (AvgIpc) is 3.05. The molecule has 56 heavy (non-hydrogen) atoms. The van der Waals surface area contributed by atoms with Crippen molar-refractivity contribution in [2.75, 3.05) is 0 Å². The number of carboxylic acids is 1. The monoisotopic (exact) mass is 819 g/mol. The van der Waals surface area contributed by atoms with Crippen LogP contribution in [0.2, 0.25) is 36.3 Å². The Labute approximate surface area is 346 Å². The molecule has 1 saturated heterocycles. The first-order chi connectivity index (χ1) is 25.4. The smallest absolute Gasteiger partial charge is 0.328 e. The summed E-state index contributed by atoms with van der Waals surface area (Å²) in [6.07, 6.45) is 19.6. The summed E-state index contributed by atoms with van der Waals surface area (Å²) in [6, 6.07) is 0. The minimum atomic E-state index is -2.10. The van der Waals surface area contributed by atoms with Crippen molar-refractivity contribution in [3.05, 3.63) is 61.3 Å². The topological polar surface area (TPSA) is 94.5 Å². The molecule has 0 aromatic carbocycles. The number of aliphatic hydroxyl groups is 1. The number of carbonyl (C=O) groups is 1. The van der Waals surface area contributed by atoms with E-state index in [9.17, 15) is 9.90 Å². The second-order valence-corrected chi connectivity index (χ2v) is 30.1. The third kappa shape index (κ3) is 17.3. The van der Waals surface area contributed by atoms with Gasteiger partial charge in [-0.2, -0.15) is 0 Å². The van der Waals surface area contributed by atoms with Crippen LogP contribution >= 0.6 is 0 Å². The van der Waals surface area contributed by atoms with Crippen molar-refractivity contribution in [1.29, 1.82) is 0 Å². The van der Waals surface area contributed by atoms with Crippen molar-refractivity contribution in [1.82, 2.24) is 0 Å². The van der Waals surface area contributed by atoms with Gasteiger partial charge in [-0.25, -0.2) is 4.79 Å². The van der Waals surface area contributed by atoms with E-state index < -0.39 is 34.5 Å². The third-order valence-corrected chi connectivity index (χ3v) is 21.8. The van der Waals surface area contributed by atoms with Crippen LogP contribution < -0.4 is 0 Å². The van der Waals surface area contributed by atoms with Crippen LogP contribution in [0.3, 0.4) is 0 Å². The van der Waals surface area contributed by atoms with Gasteiger partial charge in [0.25, 0.3) is 0 Å². The molecule has 0 aromatic heterocycles. The van der Waals surface area contributed by atoms with E-state index in [1.807, 2.05) is 32.1 Å². The summed E-state index contributed by atoms with van der Waals surface area (Å²) in [4.78, 5) is 10.9. The summed E-state index contributed by atoms with van der Waals surface area (Å²) in [6.45, 7) is 44.2. The Balaban J connectivity index is 3.29. The molecule has 0 unspecified atom stereocenters. The molecule has 1 rings (SSSR count). The highest BCUT2D eigenvalue weighted by atomic mass is 28.4. The zero-order valence-corrected chi connectivity index (χ0v) is 41.0. The van der Waals surface area contributed by atoms with E-state index in [0.29, 0.717) is 18.3 Å². The second kappa shape index (κ2) is 22.1. The van der Waals surface area contributed by atoms with Gasteiger partial charge in [0.2, 0.25) is 0 Å². The Kier molecular flexibility index (Phi) is 20.7. The molecular weight excluding hydrogens is 733 g/mol. The molecule has 2 N–H and O–H groups in total. The summed E-state index contributed by atoms with van der Waals surface area (Å²) in [5, 5.41) is 20.6. The predicted octanol–water partition coefficient (Wildman–Crippen LogP) is 12.5. The van der Waals surface area contributed by atoms with Gasteiger partial charge in [0.15, 0.2) is 22.4 Å². The van der Waals surface area contributed by atoms with Gasteiger partial charge in [-0.15, -0.1) is 0 Å². The zero-order valence-electron chi connectivity index (χ0n) is 39.0. The van der Waals surface area contributed by atoms with Gasteiger partial charge in [-0.05, 0) is 87.1 Å². The van der Waals surface area contributed by atoms with E-state index >= 15 is 0 Å². The second-order valence-electron chi connectivity index (χ2n) is 20.6. The lowest BCUT2D eigenvalue weighted by atomic mass is 9.82. The van der Waals surface area contributed by atoms with Crippen LogP contribution in [-0.2, 0) is 23.1 Å². The number of carboxylic acid groups (broad SMARTS) is 1. The predicted molar refractivity (Wildman–Crippen MR) is 242 cm³/mol. The van der Waals surface area contributed by atoms with Gasteiger partial charge in [-0.1, -0.05) is 138 Å². The van der Waals surface area contributed by atoms with Crippen LogP contribution in [0, 0.1) is 35.5 Å². The van der Waals surface area contributed by atoms with Gasteiger partial charge < -0.3 is 28.5 Å². The van der Waals surface area contributed by atoms with Crippen molar-refractivity contribution < 1.29 is 33.3 Å². The number of hydrogen-bond donors (Lipinski definition) is 2. The number of rotatable bonds is 22. The first-order valence-electron chi connectivity index (χ1n) is 21.4. The molecule has 1 aliphatic rings. The molecule has 7 nitrogen and oxygen atoms in total. The quantitative estimate of drug-likeness (QED) is 0.0486. The minimum absolute atomic E-state index is 0.00495. The van der Waals surface area contributed by atoms with E-state index in [4.69, 9.17) is 23.4 Å². The standard InChI is InChI=1S/C47H86O7Si2/c1-20-21-24-35(4)43(50)38(7)40(53-55(16,17)45(8,9)10)30-27-33(2)31-37(6)44(54-56(18,19)46(11,12)13)36(5)28-29-39-32-41(52-47(14,15)51-39)34(3)25-22-23-26-42(48)49/h20-26,28-29,33-41,43-44,50H,1,27,30-32H2,2-19H3,(H,48,49)/b24-21+,25-22+,26-23+,29-28?/t33-,34+,35-,36-,37-,38-,39+,40+,41-,43-,44-/m0/s1. The number of hydrogen-bond acceptors (Lipinski definition) is 6. The van der Waals surface area contributed by atoms with Crippen LogP contribution in [0.4, 0.5) is 0 Å². The number of aliphatic hydroxyl groups excluding tert-OH is 1. The lowest BCUT2D eigenvalue weighted by Gasteiger charge is -2.44. The molecule has 1 heterocycles. The summed E-state index contributed by atoms with van der Waals surface area (Å²) < 4.78 is 27.1. The Morgan fingerprint density at radius 2 is 1.41 bits per heavy atom. The van der Waals surface area contributed by atoms with Crippen molar-refractivity contribution >= 4 is 22.6 Å². The lowest BCUT2D eigenvalue weighted by Crippen LogP contribution is -2.48. The van der Waals surface area contributed by atoms with Crippen LogP contribution in [0.25, 0.3) is 0 Å². The number of allylic oxidation sites excluding steroid dienone is 4. The highest BCUT2D eigenvalue weighted by molar-refractivity contribution is 6.74. The highest BCUT2D eigenvalue weighted by Crippen LogP contribution is 2.42. The number of aliphatic carboxylic acids is 1. The molecule has 1 fully saturated rings. The Morgan fingerprint density at radius 3 is 1.95 bits per heavy atom. The van der Waals surface area contributed by atoms with Crippen LogP contribution in [-0.4, -0.2) is 69.1 Å². The molecule has 0 aliphatic carbocycles. The molecule has 0 radical (unpaired) electrons. The van der Waals surface area contributed by atoms with E-state index in [1.165, 1.54) is 0 Å². The fraction of sp³-hybridized carbons (Fsp3) is 0.766. The maximum atomic E-state index is 11.5. The summed E-state index contributed by atoms with van der Waals surface area (Å²) in [5.74, 6) is -0.721. The molecule has 1 aliphatic heterocycles. The van der Waals surface area contributed by atoms with E-state index in [2.05, 4.69) is 128 Å². The maximum absolute atomic E-state index is 11.5. The SMILES string of the molecule is C=C/C=C/[C@H](C)[C@H](O)[C@@H](C)[C@@H](CC[C@H](C)C[C@H](C)[C@@H](O[Si](C)(C)C(C)(C)C)[C@@H](C)C=C[C@@H]1C[C@@H]([C@H](C)/C=C/C=C/C(=O)O)OC(C)(C)O1)O[Si](C)(C)C(C)(C)C. The first kappa shape index (κ1) is 52.4. The molecule has 11 atom stereocenters. The van der Waals surface area contributed by atoms with Gasteiger partial charge in [0.1, 0.15) is 0 Å². The Morgan fingerprint density at radius 1 is 0.839 bits per heavy atom. The maximum Gasteiger partial charge on any atom is 0.328 e. The Bertz CT molecular complexity index is 1320.